The monoisotopic (exact) mass is 326 g/mol. The van der Waals surface area contributed by atoms with Crippen LogP contribution in [0.2, 0.25) is 0 Å². The van der Waals surface area contributed by atoms with Crippen LogP contribution in [0, 0.1) is 5.92 Å². The van der Waals surface area contributed by atoms with E-state index >= 15 is 0 Å². The average Bonchev–Trinajstić information content (AvgIpc) is 3.24. The summed E-state index contributed by atoms with van der Waals surface area (Å²) in [5.74, 6) is 0.744. The van der Waals surface area contributed by atoms with E-state index in [-0.39, 0.29) is 5.91 Å². The van der Waals surface area contributed by atoms with Gasteiger partial charge in [0.25, 0.3) is 5.91 Å². The summed E-state index contributed by atoms with van der Waals surface area (Å²) >= 11 is 1.59. The zero-order valence-corrected chi connectivity index (χ0v) is 13.6. The molecule has 5 nitrogen and oxygen atoms in total. The van der Waals surface area contributed by atoms with Gasteiger partial charge in [0.2, 0.25) is 0 Å². The first-order chi connectivity index (χ1) is 11.3. The molecule has 2 aromatic heterocycles. The molecule has 1 saturated heterocycles. The Bertz CT molecular complexity index is 770. The van der Waals surface area contributed by atoms with E-state index in [1.54, 1.807) is 24.0 Å². The SMILES string of the molecule is O=C(c1cc2ccccc2s1)N1CCC(Cn2cncn2)CC1. The van der Waals surface area contributed by atoms with Crippen molar-refractivity contribution in [3.8, 4) is 0 Å². The molecule has 3 aromatic rings. The second-order valence-corrected chi connectivity index (χ2v) is 7.09. The molecule has 1 amide bonds. The molecule has 0 aliphatic carbocycles. The Morgan fingerprint density at radius 1 is 1.26 bits per heavy atom. The maximum absolute atomic E-state index is 12.7. The van der Waals surface area contributed by atoms with Gasteiger partial charge < -0.3 is 4.90 Å². The average molecular weight is 326 g/mol. The lowest BCUT2D eigenvalue weighted by molar-refractivity contribution is 0.0686. The largest absolute Gasteiger partial charge is 0.338 e. The van der Waals surface area contributed by atoms with Crippen molar-refractivity contribution in [2.45, 2.75) is 19.4 Å². The van der Waals surface area contributed by atoms with Gasteiger partial charge in [0.1, 0.15) is 12.7 Å². The molecule has 1 aromatic carbocycles. The lowest BCUT2D eigenvalue weighted by Gasteiger charge is -2.31. The van der Waals surface area contributed by atoms with Gasteiger partial charge in [0.05, 0.1) is 4.88 Å². The number of thiophene rings is 1. The van der Waals surface area contributed by atoms with Gasteiger partial charge in [-0.3, -0.25) is 9.48 Å². The molecular formula is C17H18N4OS. The summed E-state index contributed by atoms with van der Waals surface area (Å²) in [4.78, 5) is 19.5. The van der Waals surface area contributed by atoms with Crippen molar-refractivity contribution < 1.29 is 4.79 Å². The Balaban J connectivity index is 1.40. The minimum absolute atomic E-state index is 0.172. The summed E-state index contributed by atoms with van der Waals surface area (Å²) < 4.78 is 3.06. The van der Waals surface area contributed by atoms with Gasteiger partial charge in [-0.15, -0.1) is 11.3 Å². The minimum atomic E-state index is 0.172. The van der Waals surface area contributed by atoms with Crippen molar-refractivity contribution >= 4 is 27.3 Å². The summed E-state index contributed by atoms with van der Waals surface area (Å²) in [6, 6.07) is 10.2. The fourth-order valence-corrected chi connectivity index (χ4v) is 4.18. The van der Waals surface area contributed by atoms with E-state index in [0.29, 0.717) is 5.92 Å². The van der Waals surface area contributed by atoms with Crippen molar-refractivity contribution in [2.24, 2.45) is 5.92 Å². The van der Waals surface area contributed by atoms with Crippen LogP contribution in [0.15, 0.2) is 43.0 Å². The zero-order chi connectivity index (χ0) is 15.6. The second-order valence-electron chi connectivity index (χ2n) is 6.00. The lowest BCUT2D eigenvalue weighted by Crippen LogP contribution is -2.39. The third-order valence-electron chi connectivity index (χ3n) is 4.45. The Hall–Kier alpha value is -2.21. The van der Waals surface area contributed by atoms with E-state index < -0.39 is 0 Å². The molecule has 1 aliphatic heterocycles. The number of aromatic nitrogens is 3. The summed E-state index contributed by atoms with van der Waals surface area (Å²) in [5, 5.41) is 5.32. The van der Waals surface area contributed by atoms with Gasteiger partial charge in [-0.2, -0.15) is 5.10 Å². The number of hydrogen-bond acceptors (Lipinski definition) is 4. The van der Waals surface area contributed by atoms with Crippen molar-refractivity contribution in [1.29, 1.82) is 0 Å². The predicted molar refractivity (Wildman–Crippen MR) is 90.5 cm³/mol. The van der Waals surface area contributed by atoms with E-state index in [9.17, 15) is 4.79 Å². The van der Waals surface area contributed by atoms with Crippen LogP contribution in [0.25, 0.3) is 10.1 Å². The smallest absolute Gasteiger partial charge is 0.263 e. The molecule has 0 N–H and O–H groups in total. The molecular weight excluding hydrogens is 308 g/mol. The van der Waals surface area contributed by atoms with E-state index in [2.05, 4.69) is 22.2 Å². The van der Waals surface area contributed by atoms with E-state index in [1.165, 1.54) is 4.70 Å². The van der Waals surface area contributed by atoms with Gasteiger partial charge in [-0.25, -0.2) is 4.98 Å². The zero-order valence-electron chi connectivity index (χ0n) is 12.8. The van der Waals surface area contributed by atoms with Gasteiger partial charge in [0.15, 0.2) is 0 Å². The number of piperidine rings is 1. The van der Waals surface area contributed by atoms with Crippen molar-refractivity contribution in [1.82, 2.24) is 19.7 Å². The fourth-order valence-electron chi connectivity index (χ4n) is 3.15. The summed E-state index contributed by atoms with van der Waals surface area (Å²) in [6.45, 7) is 2.55. The highest BCUT2D eigenvalue weighted by Gasteiger charge is 2.25. The number of benzene rings is 1. The van der Waals surface area contributed by atoms with E-state index in [1.807, 2.05) is 27.8 Å². The van der Waals surface area contributed by atoms with Crippen molar-refractivity contribution in [3.05, 3.63) is 47.9 Å². The van der Waals surface area contributed by atoms with Crippen LogP contribution in [0.4, 0.5) is 0 Å². The number of carbonyl (C=O) groups excluding carboxylic acids is 1. The number of amides is 1. The molecule has 6 heteroatoms. The van der Waals surface area contributed by atoms with Crippen LogP contribution in [0.1, 0.15) is 22.5 Å². The Labute approximate surface area is 138 Å². The standard InChI is InChI=1S/C17H18N4OS/c22-17(16-9-14-3-1-2-4-15(14)23-16)20-7-5-13(6-8-20)10-21-12-18-11-19-21/h1-4,9,11-13H,5-8,10H2. The van der Waals surface area contributed by atoms with Crippen LogP contribution >= 0.6 is 11.3 Å². The minimum Gasteiger partial charge on any atom is -0.338 e. The fraction of sp³-hybridized carbons (Fsp3) is 0.353. The third-order valence-corrected chi connectivity index (χ3v) is 5.55. The first-order valence-corrected chi connectivity index (χ1v) is 8.71. The molecule has 23 heavy (non-hydrogen) atoms. The van der Waals surface area contributed by atoms with Crippen LogP contribution in [-0.4, -0.2) is 38.7 Å². The van der Waals surface area contributed by atoms with Crippen molar-refractivity contribution in [2.75, 3.05) is 13.1 Å². The predicted octanol–water partition coefficient (Wildman–Crippen LogP) is 3.05. The molecule has 118 valence electrons. The quantitative estimate of drug-likeness (QED) is 0.743. The highest BCUT2D eigenvalue weighted by Crippen LogP contribution is 2.28. The Morgan fingerprint density at radius 2 is 2.09 bits per heavy atom. The van der Waals surface area contributed by atoms with Crippen LogP contribution in [0.5, 0.6) is 0 Å². The van der Waals surface area contributed by atoms with Crippen LogP contribution < -0.4 is 0 Å². The molecule has 0 atom stereocenters. The van der Waals surface area contributed by atoms with Gasteiger partial charge in [-0.1, -0.05) is 18.2 Å². The Morgan fingerprint density at radius 3 is 2.83 bits per heavy atom. The molecule has 0 saturated carbocycles. The summed E-state index contributed by atoms with van der Waals surface area (Å²) in [7, 11) is 0. The molecule has 0 unspecified atom stereocenters. The first kappa shape index (κ1) is 14.4. The van der Waals surface area contributed by atoms with Gasteiger partial charge in [0, 0.05) is 24.3 Å². The molecule has 4 rings (SSSR count). The number of rotatable bonds is 3. The highest BCUT2D eigenvalue weighted by atomic mass is 32.1. The van der Waals surface area contributed by atoms with Crippen molar-refractivity contribution in [3.63, 3.8) is 0 Å². The molecule has 1 aliphatic rings. The number of hydrogen-bond donors (Lipinski definition) is 0. The number of likely N-dealkylation sites (tertiary alicyclic amines) is 1. The molecule has 0 bridgehead atoms. The maximum Gasteiger partial charge on any atom is 0.263 e. The normalized spacial score (nSPS) is 16.1. The van der Waals surface area contributed by atoms with Gasteiger partial charge in [-0.05, 0) is 36.3 Å². The third kappa shape index (κ3) is 2.99. The molecule has 0 radical (unpaired) electrons. The Kier molecular flexibility index (Phi) is 3.83. The first-order valence-electron chi connectivity index (χ1n) is 7.90. The molecule has 0 spiro atoms. The lowest BCUT2D eigenvalue weighted by atomic mass is 9.97. The van der Waals surface area contributed by atoms with E-state index in [4.69, 9.17) is 0 Å². The second kappa shape index (κ2) is 6.12. The molecule has 1 fully saturated rings. The summed E-state index contributed by atoms with van der Waals surface area (Å²) in [6.07, 6.45) is 5.38. The number of fused-ring (bicyclic) bond motifs is 1. The highest BCUT2D eigenvalue weighted by molar-refractivity contribution is 7.20. The maximum atomic E-state index is 12.7. The van der Waals surface area contributed by atoms with Crippen LogP contribution in [0.3, 0.4) is 0 Å². The number of carbonyl (C=O) groups is 1. The summed E-state index contributed by atoms with van der Waals surface area (Å²) in [5.41, 5.74) is 0. The topological polar surface area (TPSA) is 51.0 Å². The molecule has 3 heterocycles. The number of nitrogens with zero attached hydrogens (tertiary/aromatic N) is 4. The van der Waals surface area contributed by atoms with E-state index in [0.717, 1.165) is 42.7 Å². The van der Waals surface area contributed by atoms with Gasteiger partial charge >= 0.3 is 0 Å². The van der Waals surface area contributed by atoms with Crippen LogP contribution in [-0.2, 0) is 6.54 Å².